The van der Waals surface area contributed by atoms with Crippen LogP contribution in [0.4, 0.5) is 13.2 Å². The van der Waals surface area contributed by atoms with Crippen molar-refractivity contribution in [1.82, 2.24) is 9.97 Å². The standard InChI is InChI=1S/C21H19F3N2OS/c1-3-17-12-19(27-18-9-4-6-14(2)10-18)26-20(25-17)28-13-15-7-5-8-16(11-15)21(22,23)24/h4-12H,3,13H2,1-2H3. The molecule has 1 heterocycles. The predicted octanol–water partition coefficient (Wildman–Crippen LogP) is 6.45. The summed E-state index contributed by atoms with van der Waals surface area (Å²) in [6, 6.07) is 14.7. The van der Waals surface area contributed by atoms with Gasteiger partial charge in [-0.2, -0.15) is 18.2 Å². The highest BCUT2D eigenvalue weighted by Gasteiger charge is 2.30. The number of benzene rings is 2. The fourth-order valence-corrected chi connectivity index (χ4v) is 3.34. The van der Waals surface area contributed by atoms with Gasteiger partial charge in [0.2, 0.25) is 5.88 Å². The van der Waals surface area contributed by atoms with Crippen molar-refractivity contribution in [3.8, 4) is 11.6 Å². The zero-order chi connectivity index (χ0) is 20.1. The van der Waals surface area contributed by atoms with Crippen LogP contribution in [0.2, 0.25) is 0 Å². The van der Waals surface area contributed by atoms with Gasteiger partial charge in [-0.3, -0.25) is 0 Å². The van der Waals surface area contributed by atoms with Crippen molar-refractivity contribution in [2.45, 2.75) is 37.4 Å². The Labute approximate surface area is 166 Å². The number of ether oxygens (including phenoxy) is 1. The summed E-state index contributed by atoms with van der Waals surface area (Å²) in [5.41, 5.74) is 1.79. The van der Waals surface area contributed by atoms with Gasteiger partial charge >= 0.3 is 6.18 Å². The summed E-state index contributed by atoms with van der Waals surface area (Å²) in [6.07, 6.45) is -3.65. The molecule has 0 saturated carbocycles. The maximum absolute atomic E-state index is 12.9. The van der Waals surface area contributed by atoms with Crippen LogP contribution in [0.5, 0.6) is 11.6 Å². The highest BCUT2D eigenvalue weighted by Crippen LogP contribution is 2.31. The first-order chi connectivity index (χ1) is 13.3. The fraction of sp³-hybridized carbons (Fsp3) is 0.238. The molecule has 0 bridgehead atoms. The largest absolute Gasteiger partial charge is 0.439 e. The van der Waals surface area contributed by atoms with E-state index in [2.05, 4.69) is 9.97 Å². The van der Waals surface area contributed by atoms with Crippen LogP contribution in [-0.4, -0.2) is 9.97 Å². The van der Waals surface area contributed by atoms with Gasteiger partial charge in [0.1, 0.15) is 5.75 Å². The lowest BCUT2D eigenvalue weighted by molar-refractivity contribution is -0.137. The first kappa shape index (κ1) is 20.2. The third-order valence-corrected chi connectivity index (χ3v) is 4.85. The molecule has 0 aliphatic heterocycles. The summed E-state index contributed by atoms with van der Waals surface area (Å²) in [5.74, 6) is 1.43. The molecular weight excluding hydrogens is 385 g/mol. The van der Waals surface area contributed by atoms with Crippen molar-refractivity contribution < 1.29 is 17.9 Å². The molecular formula is C21H19F3N2OS. The van der Waals surface area contributed by atoms with Gasteiger partial charge in [-0.25, -0.2) is 4.98 Å². The smallest absolute Gasteiger partial charge is 0.416 e. The Morgan fingerprint density at radius 1 is 1.00 bits per heavy atom. The molecule has 3 aromatic rings. The second-order valence-electron chi connectivity index (χ2n) is 6.24. The summed E-state index contributed by atoms with van der Waals surface area (Å²) in [6.45, 7) is 3.95. The third-order valence-electron chi connectivity index (χ3n) is 3.93. The van der Waals surface area contributed by atoms with Crippen LogP contribution < -0.4 is 4.74 Å². The lowest BCUT2D eigenvalue weighted by Crippen LogP contribution is -2.05. The maximum atomic E-state index is 12.9. The first-order valence-electron chi connectivity index (χ1n) is 8.75. The van der Waals surface area contributed by atoms with Gasteiger partial charge in [0.25, 0.3) is 0 Å². The number of hydrogen-bond acceptors (Lipinski definition) is 4. The number of hydrogen-bond donors (Lipinski definition) is 0. The predicted molar refractivity (Wildman–Crippen MR) is 104 cm³/mol. The minimum absolute atomic E-state index is 0.334. The number of aryl methyl sites for hydroxylation is 2. The van der Waals surface area contributed by atoms with E-state index in [-0.39, 0.29) is 0 Å². The molecule has 0 unspecified atom stereocenters. The molecule has 0 aliphatic carbocycles. The van der Waals surface area contributed by atoms with E-state index in [0.717, 1.165) is 23.4 Å². The Bertz CT molecular complexity index is 960. The summed E-state index contributed by atoms with van der Waals surface area (Å²) in [5, 5.41) is 0.472. The Morgan fingerprint density at radius 2 is 1.79 bits per heavy atom. The molecule has 2 aromatic carbocycles. The molecule has 3 nitrogen and oxygen atoms in total. The van der Waals surface area contributed by atoms with E-state index in [1.807, 2.05) is 38.1 Å². The van der Waals surface area contributed by atoms with E-state index < -0.39 is 11.7 Å². The van der Waals surface area contributed by atoms with Crippen molar-refractivity contribution in [1.29, 1.82) is 0 Å². The van der Waals surface area contributed by atoms with Crippen LogP contribution in [0.3, 0.4) is 0 Å². The van der Waals surface area contributed by atoms with E-state index in [9.17, 15) is 13.2 Å². The Morgan fingerprint density at radius 3 is 2.50 bits per heavy atom. The van der Waals surface area contributed by atoms with Crippen molar-refractivity contribution in [3.63, 3.8) is 0 Å². The van der Waals surface area contributed by atoms with Gasteiger partial charge in [0.15, 0.2) is 5.16 Å². The maximum Gasteiger partial charge on any atom is 0.416 e. The molecule has 3 rings (SSSR count). The lowest BCUT2D eigenvalue weighted by Gasteiger charge is -2.10. The van der Waals surface area contributed by atoms with Gasteiger partial charge in [0.05, 0.1) is 5.56 Å². The molecule has 0 saturated heterocycles. The van der Waals surface area contributed by atoms with Gasteiger partial charge in [-0.15, -0.1) is 0 Å². The average Bonchev–Trinajstić information content (AvgIpc) is 2.66. The summed E-state index contributed by atoms with van der Waals surface area (Å²) >= 11 is 1.28. The molecule has 0 spiro atoms. The number of rotatable bonds is 6. The molecule has 0 radical (unpaired) electrons. The summed E-state index contributed by atoms with van der Waals surface area (Å²) in [4.78, 5) is 8.85. The minimum Gasteiger partial charge on any atom is -0.439 e. The van der Waals surface area contributed by atoms with Crippen molar-refractivity contribution in [2.75, 3.05) is 0 Å². The molecule has 0 N–H and O–H groups in total. The molecule has 0 aliphatic rings. The van der Waals surface area contributed by atoms with Crippen LogP contribution in [-0.2, 0) is 18.3 Å². The number of halogens is 3. The van der Waals surface area contributed by atoms with Crippen molar-refractivity contribution >= 4 is 11.8 Å². The van der Waals surface area contributed by atoms with Gasteiger partial charge in [-0.1, -0.05) is 49.0 Å². The monoisotopic (exact) mass is 404 g/mol. The first-order valence-corrected chi connectivity index (χ1v) is 9.73. The second-order valence-corrected chi connectivity index (χ2v) is 7.18. The van der Waals surface area contributed by atoms with Crippen molar-refractivity contribution in [2.24, 2.45) is 0 Å². The van der Waals surface area contributed by atoms with E-state index in [1.54, 1.807) is 12.1 Å². The summed E-state index contributed by atoms with van der Waals surface area (Å²) in [7, 11) is 0. The minimum atomic E-state index is -4.35. The van der Waals surface area contributed by atoms with Crippen LogP contribution in [0.25, 0.3) is 0 Å². The van der Waals surface area contributed by atoms with Gasteiger partial charge in [0, 0.05) is 17.5 Å². The highest BCUT2D eigenvalue weighted by molar-refractivity contribution is 7.98. The Hall–Kier alpha value is -2.54. The average molecular weight is 404 g/mol. The topological polar surface area (TPSA) is 35.0 Å². The number of alkyl halides is 3. The zero-order valence-corrected chi connectivity index (χ0v) is 16.3. The van der Waals surface area contributed by atoms with E-state index in [0.29, 0.717) is 34.5 Å². The zero-order valence-electron chi connectivity index (χ0n) is 15.5. The van der Waals surface area contributed by atoms with Crippen LogP contribution >= 0.6 is 11.8 Å². The molecule has 146 valence electrons. The van der Waals surface area contributed by atoms with Crippen LogP contribution in [0, 0.1) is 6.92 Å². The SMILES string of the molecule is CCc1cc(Oc2cccc(C)c2)nc(SCc2cccc(C(F)(F)F)c2)n1. The molecule has 7 heteroatoms. The molecule has 1 aromatic heterocycles. The number of nitrogens with zero attached hydrogens (tertiary/aromatic N) is 2. The summed E-state index contributed by atoms with van der Waals surface area (Å²) < 4.78 is 44.5. The quantitative estimate of drug-likeness (QED) is 0.349. The van der Waals surface area contributed by atoms with Gasteiger partial charge in [-0.05, 0) is 42.7 Å². The third kappa shape index (κ3) is 5.48. The number of aromatic nitrogens is 2. The Kier molecular flexibility index (Phi) is 6.24. The Balaban J connectivity index is 1.77. The van der Waals surface area contributed by atoms with Gasteiger partial charge < -0.3 is 4.74 Å². The molecule has 28 heavy (non-hydrogen) atoms. The molecule has 0 fully saturated rings. The normalized spacial score (nSPS) is 11.5. The van der Waals surface area contributed by atoms with E-state index >= 15 is 0 Å². The van der Waals surface area contributed by atoms with E-state index in [4.69, 9.17) is 4.74 Å². The van der Waals surface area contributed by atoms with Crippen molar-refractivity contribution in [3.05, 3.63) is 77.0 Å². The highest BCUT2D eigenvalue weighted by atomic mass is 32.2. The van der Waals surface area contributed by atoms with E-state index in [1.165, 1.54) is 17.8 Å². The number of thioether (sulfide) groups is 1. The molecule has 0 amide bonds. The van der Waals surface area contributed by atoms with Crippen LogP contribution in [0.1, 0.15) is 29.3 Å². The lowest BCUT2D eigenvalue weighted by atomic mass is 10.1. The molecule has 0 atom stereocenters. The second kappa shape index (κ2) is 8.65. The fourth-order valence-electron chi connectivity index (χ4n) is 2.53. The van der Waals surface area contributed by atoms with Crippen LogP contribution in [0.15, 0.2) is 59.8 Å².